The number of halogens is 4. The summed E-state index contributed by atoms with van der Waals surface area (Å²) in [5, 5.41) is 8.49. The van der Waals surface area contributed by atoms with Crippen LogP contribution in [0.15, 0.2) is 22.7 Å². The first-order valence-corrected chi connectivity index (χ1v) is 5.34. The molecule has 0 aromatic heterocycles. The van der Waals surface area contributed by atoms with Crippen LogP contribution in [-0.4, -0.2) is 17.4 Å². The van der Waals surface area contributed by atoms with Crippen molar-refractivity contribution in [3.8, 4) is 5.75 Å². The fraction of sp³-hybridized carbons (Fsp3) is 0.300. The smallest absolute Gasteiger partial charge is 0.481 e. The van der Waals surface area contributed by atoms with Gasteiger partial charge >= 0.3 is 12.3 Å². The molecule has 0 aliphatic carbocycles. The van der Waals surface area contributed by atoms with Crippen LogP contribution >= 0.6 is 15.9 Å². The Morgan fingerprint density at radius 3 is 2.59 bits per heavy atom. The van der Waals surface area contributed by atoms with E-state index in [0.717, 1.165) is 0 Å². The Morgan fingerprint density at radius 1 is 1.41 bits per heavy atom. The number of hydrogen-bond acceptors (Lipinski definition) is 2. The molecule has 0 fully saturated rings. The molecule has 17 heavy (non-hydrogen) atoms. The number of carbonyl (C=O) groups is 1. The van der Waals surface area contributed by atoms with Crippen molar-refractivity contribution >= 4 is 21.9 Å². The molecule has 0 saturated heterocycles. The average Bonchev–Trinajstić information content (AvgIpc) is 2.17. The Bertz CT molecular complexity index is 418. The topological polar surface area (TPSA) is 46.5 Å². The molecule has 3 nitrogen and oxygen atoms in total. The number of carboxylic acid groups (broad SMARTS) is 1. The van der Waals surface area contributed by atoms with E-state index in [2.05, 4.69) is 20.7 Å². The van der Waals surface area contributed by atoms with Crippen molar-refractivity contribution in [3.63, 3.8) is 0 Å². The molecule has 0 amide bonds. The fourth-order valence-electron chi connectivity index (χ4n) is 1.22. The first-order chi connectivity index (χ1) is 7.79. The molecule has 7 heteroatoms. The molecule has 0 saturated carbocycles. The van der Waals surface area contributed by atoms with Crippen molar-refractivity contribution in [3.05, 3.63) is 28.2 Å². The Morgan fingerprint density at radius 2 is 2.06 bits per heavy atom. The predicted octanol–water partition coefficient (Wildman–Crippen LogP) is 3.36. The van der Waals surface area contributed by atoms with E-state index in [1.807, 2.05) is 0 Å². The molecule has 1 aromatic carbocycles. The molecule has 1 N–H and O–H groups in total. The number of aryl methyl sites for hydroxylation is 1. The number of benzene rings is 1. The second kappa shape index (κ2) is 5.39. The van der Waals surface area contributed by atoms with Gasteiger partial charge in [0.15, 0.2) is 0 Å². The normalized spacial score (nSPS) is 11.3. The molecule has 0 atom stereocenters. The van der Waals surface area contributed by atoms with Gasteiger partial charge in [-0.15, -0.1) is 13.2 Å². The molecule has 1 rings (SSSR count). The highest BCUT2D eigenvalue weighted by molar-refractivity contribution is 9.10. The van der Waals surface area contributed by atoms with Gasteiger partial charge in [0.05, 0.1) is 4.47 Å². The van der Waals surface area contributed by atoms with Crippen LogP contribution in [0.1, 0.15) is 12.0 Å². The van der Waals surface area contributed by atoms with E-state index in [-0.39, 0.29) is 28.6 Å². The first kappa shape index (κ1) is 13.8. The fourth-order valence-corrected chi connectivity index (χ4v) is 1.71. The number of ether oxygens (including phenoxy) is 1. The highest BCUT2D eigenvalue weighted by Crippen LogP contribution is 2.34. The molecular weight excluding hydrogens is 305 g/mol. The Balaban J connectivity index is 2.96. The number of alkyl halides is 3. The summed E-state index contributed by atoms with van der Waals surface area (Å²) in [5.41, 5.74) is 0.194. The third kappa shape index (κ3) is 4.64. The lowest BCUT2D eigenvalue weighted by Crippen LogP contribution is -2.18. The van der Waals surface area contributed by atoms with Crippen LogP contribution in [-0.2, 0) is 11.2 Å². The minimum atomic E-state index is -4.80. The maximum atomic E-state index is 12.1. The van der Waals surface area contributed by atoms with Crippen LogP contribution in [0.5, 0.6) is 5.75 Å². The Kier molecular flexibility index (Phi) is 4.39. The van der Waals surface area contributed by atoms with Crippen LogP contribution in [0, 0.1) is 0 Å². The maximum Gasteiger partial charge on any atom is 0.573 e. The summed E-state index contributed by atoms with van der Waals surface area (Å²) in [4.78, 5) is 10.4. The van der Waals surface area contributed by atoms with E-state index in [0.29, 0.717) is 0 Å². The van der Waals surface area contributed by atoms with E-state index in [1.165, 1.54) is 18.2 Å². The third-order valence-electron chi connectivity index (χ3n) is 1.87. The van der Waals surface area contributed by atoms with Gasteiger partial charge in [-0.05, 0) is 34.0 Å². The predicted molar refractivity (Wildman–Crippen MR) is 56.8 cm³/mol. The van der Waals surface area contributed by atoms with E-state index in [1.54, 1.807) is 0 Å². The summed E-state index contributed by atoms with van der Waals surface area (Å²) in [5.74, 6) is -1.47. The van der Waals surface area contributed by atoms with Crippen molar-refractivity contribution in [2.45, 2.75) is 19.2 Å². The lowest BCUT2D eigenvalue weighted by Gasteiger charge is -2.14. The van der Waals surface area contributed by atoms with Gasteiger partial charge in [0.25, 0.3) is 0 Å². The second-order valence-corrected chi connectivity index (χ2v) is 4.02. The van der Waals surface area contributed by atoms with Crippen LogP contribution in [0.4, 0.5) is 13.2 Å². The summed E-state index contributed by atoms with van der Waals surface area (Å²) in [6.45, 7) is 0. The molecule has 0 aliphatic heterocycles. The van der Waals surface area contributed by atoms with Gasteiger partial charge in [-0.25, -0.2) is 0 Å². The minimum absolute atomic E-state index is 0.0276. The van der Waals surface area contributed by atoms with Crippen molar-refractivity contribution in [1.82, 2.24) is 0 Å². The molecular formula is C10H8BrF3O3. The van der Waals surface area contributed by atoms with Gasteiger partial charge < -0.3 is 9.84 Å². The molecule has 0 radical (unpaired) electrons. The van der Waals surface area contributed by atoms with Crippen LogP contribution in [0.25, 0.3) is 0 Å². The highest BCUT2D eigenvalue weighted by Gasteiger charge is 2.33. The zero-order chi connectivity index (χ0) is 13.1. The van der Waals surface area contributed by atoms with Gasteiger partial charge in [0.1, 0.15) is 5.75 Å². The van der Waals surface area contributed by atoms with Gasteiger partial charge in [0, 0.05) is 6.42 Å². The summed E-state index contributed by atoms with van der Waals surface area (Å²) in [7, 11) is 0. The van der Waals surface area contributed by atoms with Gasteiger partial charge in [-0.2, -0.15) is 0 Å². The van der Waals surface area contributed by atoms with Crippen molar-refractivity contribution in [2.75, 3.05) is 0 Å². The lowest BCUT2D eigenvalue weighted by molar-refractivity contribution is -0.275. The van der Waals surface area contributed by atoms with E-state index >= 15 is 0 Å². The van der Waals surface area contributed by atoms with Crippen LogP contribution in [0.3, 0.4) is 0 Å². The van der Waals surface area contributed by atoms with Crippen LogP contribution in [0.2, 0.25) is 0 Å². The van der Waals surface area contributed by atoms with E-state index in [4.69, 9.17) is 5.11 Å². The molecule has 0 aliphatic rings. The molecule has 1 aromatic rings. The molecule has 0 unspecified atom stereocenters. The highest BCUT2D eigenvalue weighted by atomic mass is 79.9. The zero-order valence-electron chi connectivity index (χ0n) is 8.42. The second-order valence-electron chi connectivity index (χ2n) is 3.17. The van der Waals surface area contributed by atoms with Gasteiger partial charge in [0.2, 0.25) is 0 Å². The maximum absolute atomic E-state index is 12.1. The largest absolute Gasteiger partial charge is 0.573 e. The van der Waals surface area contributed by atoms with Crippen molar-refractivity contribution in [2.24, 2.45) is 0 Å². The third-order valence-corrected chi connectivity index (χ3v) is 2.50. The number of carboxylic acids is 1. The molecule has 0 spiro atoms. The summed E-state index contributed by atoms with van der Waals surface area (Å²) < 4.78 is 40.4. The monoisotopic (exact) mass is 312 g/mol. The number of rotatable bonds is 4. The van der Waals surface area contributed by atoms with Gasteiger partial charge in [-0.3, -0.25) is 4.79 Å². The molecule has 0 heterocycles. The van der Waals surface area contributed by atoms with E-state index < -0.39 is 12.3 Å². The lowest BCUT2D eigenvalue weighted by atomic mass is 10.1. The van der Waals surface area contributed by atoms with Gasteiger partial charge in [-0.1, -0.05) is 12.1 Å². The van der Waals surface area contributed by atoms with E-state index in [9.17, 15) is 18.0 Å². The number of aliphatic carboxylic acids is 1. The SMILES string of the molecule is O=C(O)CCc1cccc(Br)c1OC(F)(F)F. The number of para-hydroxylation sites is 1. The average molecular weight is 313 g/mol. The Labute approximate surface area is 103 Å². The standard InChI is InChI=1S/C10H8BrF3O3/c11-7-3-1-2-6(4-5-8(15)16)9(7)17-10(12,13)14/h1-3H,4-5H2,(H,15,16). The quantitative estimate of drug-likeness (QED) is 0.927. The minimum Gasteiger partial charge on any atom is -0.481 e. The van der Waals surface area contributed by atoms with Crippen molar-refractivity contribution < 1.29 is 27.8 Å². The summed E-state index contributed by atoms with van der Waals surface area (Å²) in [6.07, 6.45) is -5.09. The van der Waals surface area contributed by atoms with Crippen molar-refractivity contribution in [1.29, 1.82) is 0 Å². The summed E-state index contributed by atoms with van der Waals surface area (Å²) >= 11 is 2.93. The molecule has 94 valence electrons. The number of hydrogen-bond donors (Lipinski definition) is 1. The first-order valence-electron chi connectivity index (χ1n) is 4.54. The molecule has 0 bridgehead atoms. The summed E-state index contributed by atoms with van der Waals surface area (Å²) in [6, 6.07) is 4.31. The van der Waals surface area contributed by atoms with Crippen LogP contribution < -0.4 is 4.74 Å². The zero-order valence-corrected chi connectivity index (χ0v) is 10.0. The Hall–Kier alpha value is -1.24.